The maximum atomic E-state index is 6.72. The Kier molecular flexibility index (Phi) is 7.17. The molecule has 9 aromatic carbocycles. The van der Waals surface area contributed by atoms with Gasteiger partial charge in [0.25, 0.3) is 0 Å². The van der Waals surface area contributed by atoms with Gasteiger partial charge in [0.15, 0.2) is 0 Å². The topological polar surface area (TPSA) is 29.5 Å². The van der Waals surface area contributed by atoms with Gasteiger partial charge in [0.1, 0.15) is 22.3 Å². The van der Waals surface area contributed by atoms with Crippen LogP contribution < -0.4 is 4.90 Å². The van der Waals surface area contributed by atoms with Crippen molar-refractivity contribution in [2.75, 3.05) is 4.90 Å². The molecule has 2 heterocycles. The van der Waals surface area contributed by atoms with Crippen molar-refractivity contribution in [2.45, 2.75) is 0 Å². The molecule has 0 saturated carbocycles. The summed E-state index contributed by atoms with van der Waals surface area (Å²) in [5.74, 6) is 0. The van der Waals surface area contributed by atoms with Gasteiger partial charge in [-0.05, 0) is 81.6 Å². The molecule has 0 fully saturated rings. The highest BCUT2D eigenvalue weighted by molar-refractivity contribution is 6.11. The van der Waals surface area contributed by atoms with Crippen LogP contribution in [0.5, 0.6) is 0 Å². The third-order valence-corrected chi connectivity index (χ3v) is 10.9. The molecule has 11 aromatic rings. The van der Waals surface area contributed by atoms with Gasteiger partial charge in [0.05, 0.1) is 0 Å². The van der Waals surface area contributed by atoms with E-state index in [-0.39, 0.29) is 0 Å². The fraction of sp³-hybridized carbons (Fsp3) is 0. The molecule has 0 aliphatic carbocycles. The number of anilines is 3. The van der Waals surface area contributed by atoms with E-state index in [1.165, 1.54) is 21.9 Å². The first-order valence-electron chi connectivity index (χ1n) is 18.7. The van der Waals surface area contributed by atoms with Crippen molar-refractivity contribution in [1.29, 1.82) is 0 Å². The molecule has 2 aromatic heterocycles. The van der Waals surface area contributed by atoms with E-state index in [9.17, 15) is 0 Å². The summed E-state index contributed by atoms with van der Waals surface area (Å²) in [7, 11) is 0. The zero-order chi connectivity index (χ0) is 36.3. The van der Waals surface area contributed by atoms with Gasteiger partial charge in [0, 0.05) is 55.8 Å². The molecule has 55 heavy (non-hydrogen) atoms. The number of furan rings is 2. The summed E-state index contributed by atoms with van der Waals surface area (Å²) in [5, 5.41) is 6.94. The predicted molar refractivity (Wildman–Crippen MR) is 229 cm³/mol. The van der Waals surface area contributed by atoms with Gasteiger partial charge in [-0.25, -0.2) is 0 Å². The second-order valence-corrected chi connectivity index (χ2v) is 14.1. The Balaban J connectivity index is 1.03. The number of nitrogens with zero attached hydrogens (tertiary/aromatic N) is 1. The fourth-order valence-corrected chi connectivity index (χ4v) is 8.15. The minimum Gasteiger partial charge on any atom is -0.455 e. The first kappa shape index (κ1) is 31.2. The molecule has 0 aliphatic heterocycles. The SMILES string of the molecule is c1ccc(-c2cccc3c2oc2cc(N(c4ccc(-c5ccc6ccccc6c5)cc4)c4ccc(-c5cccc6c5oc5ccccc56)cc4)ccc23)cc1. The smallest absolute Gasteiger partial charge is 0.143 e. The third kappa shape index (κ3) is 5.28. The summed E-state index contributed by atoms with van der Waals surface area (Å²) in [6, 6.07) is 70.9. The molecule has 0 radical (unpaired) electrons. The van der Waals surface area contributed by atoms with Crippen LogP contribution in [-0.4, -0.2) is 0 Å². The van der Waals surface area contributed by atoms with E-state index < -0.39 is 0 Å². The van der Waals surface area contributed by atoms with Crippen molar-refractivity contribution in [1.82, 2.24) is 0 Å². The summed E-state index contributed by atoms with van der Waals surface area (Å²) in [6.07, 6.45) is 0. The van der Waals surface area contributed by atoms with Crippen LogP contribution in [0, 0.1) is 0 Å². The number of benzene rings is 9. The van der Waals surface area contributed by atoms with E-state index in [2.05, 4.69) is 187 Å². The lowest BCUT2D eigenvalue weighted by atomic mass is 10.0. The van der Waals surface area contributed by atoms with Crippen LogP contribution in [0.4, 0.5) is 17.1 Å². The van der Waals surface area contributed by atoms with Gasteiger partial charge in [0.2, 0.25) is 0 Å². The van der Waals surface area contributed by atoms with Gasteiger partial charge < -0.3 is 13.7 Å². The van der Waals surface area contributed by atoms with Crippen molar-refractivity contribution in [2.24, 2.45) is 0 Å². The van der Waals surface area contributed by atoms with Crippen LogP contribution in [-0.2, 0) is 0 Å². The quantitative estimate of drug-likeness (QED) is 0.173. The van der Waals surface area contributed by atoms with Crippen LogP contribution in [0.1, 0.15) is 0 Å². The molecular formula is C52H33NO2. The van der Waals surface area contributed by atoms with E-state index in [4.69, 9.17) is 8.83 Å². The largest absolute Gasteiger partial charge is 0.455 e. The summed E-state index contributed by atoms with van der Waals surface area (Å²) in [5.41, 5.74) is 13.4. The minimum absolute atomic E-state index is 0.849. The predicted octanol–water partition coefficient (Wildman–Crippen LogP) is 15.1. The van der Waals surface area contributed by atoms with Gasteiger partial charge in [-0.2, -0.15) is 0 Å². The van der Waals surface area contributed by atoms with Crippen LogP contribution in [0.2, 0.25) is 0 Å². The molecule has 0 aliphatic rings. The number of hydrogen-bond acceptors (Lipinski definition) is 3. The maximum Gasteiger partial charge on any atom is 0.143 e. The number of hydrogen-bond donors (Lipinski definition) is 0. The second kappa shape index (κ2) is 12.6. The van der Waals surface area contributed by atoms with Gasteiger partial charge in [-0.15, -0.1) is 0 Å². The first-order chi connectivity index (χ1) is 27.2. The second-order valence-electron chi connectivity index (χ2n) is 14.1. The van der Waals surface area contributed by atoms with E-state index in [1.54, 1.807) is 0 Å². The molecule has 0 unspecified atom stereocenters. The van der Waals surface area contributed by atoms with Crippen LogP contribution >= 0.6 is 0 Å². The summed E-state index contributed by atoms with van der Waals surface area (Å²) >= 11 is 0. The Hall–Kier alpha value is -7.36. The normalized spacial score (nSPS) is 11.6. The molecule has 0 spiro atoms. The standard InChI is InChI=1S/C52H33NO2/c1-2-11-36(12-3-1)43-15-8-18-48-46-31-30-42(33-50(46)55-52(43)48)53(40-26-22-35(23-27-40)39-21-20-34-10-4-5-13-38(34)32-39)41-28-24-37(25-29-41)44-16-9-17-47-45-14-6-7-19-49(45)54-51(44)47/h1-33H. The summed E-state index contributed by atoms with van der Waals surface area (Å²) < 4.78 is 13.1. The van der Waals surface area contributed by atoms with Crippen molar-refractivity contribution in [3.8, 4) is 33.4 Å². The van der Waals surface area contributed by atoms with E-state index in [0.29, 0.717) is 0 Å². The van der Waals surface area contributed by atoms with Gasteiger partial charge in [-0.3, -0.25) is 0 Å². The van der Waals surface area contributed by atoms with Crippen LogP contribution in [0.15, 0.2) is 209 Å². The lowest BCUT2D eigenvalue weighted by molar-refractivity contribution is 0.669. The third-order valence-electron chi connectivity index (χ3n) is 10.9. The van der Waals surface area contributed by atoms with Gasteiger partial charge >= 0.3 is 0 Å². The highest BCUT2D eigenvalue weighted by Crippen LogP contribution is 2.42. The van der Waals surface area contributed by atoms with Crippen molar-refractivity contribution >= 4 is 71.7 Å². The molecule has 0 saturated heterocycles. The van der Waals surface area contributed by atoms with Crippen molar-refractivity contribution < 1.29 is 8.83 Å². The summed E-state index contributed by atoms with van der Waals surface area (Å²) in [6.45, 7) is 0. The van der Waals surface area contributed by atoms with Crippen molar-refractivity contribution in [3.63, 3.8) is 0 Å². The highest BCUT2D eigenvalue weighted by Gasteiger charge is 2.18. The van der Waals surface area contributed by atoms with Crippen LogP contribution in [0.25, 0.3) is 88.0 Å². The Labute approximate surface area is 317 Å². The first-order valence-corrected chi connectivity index (χ1v) is 18.7. The minimum atomic E-state index is 0.849. The fourth-order valence-electron chi connectivity index (χ4n) is 8.15. The molecule has 3 heteroatoms. The van der Waals surface area contributed by atoms with Crippen LogP contribution in [0.3, 0.4) is 0 Å². The zero-order valence-electron chi connectivity index (χ0n) is 29.8. The molecule has 0 amide bonds. The monoisotopic (exact) mass is 703 g/mol. The number of para-hydroxylation sites is 3. The van der Waals surface area contributed by atoms with E-state index in [0.717, 1.165) is 83.2 Å². The molecule has 0 N–H and O–H groups in total. The maximum absolute atomic E-state index is 6.72. The molecule has 11 rings (SSSR count). The molecule has 0 bridgehead atoms. The average Bonchev–Trinajstić information content (AvgIpc) is 3.83. The average molecular weight is 704 g/mol. The van der Waals surface area contributed by atoms with Crippen molar-refractivity contribution in [3.05, 3.63) is 200 Å². The lowest BCUT2D eigenvalue weighted by Gasteiger charge is -2.26. The van der Waals surface area contributed by atoms with E-state index in [1.807, 2.05) is 18.2 Å². The lowest BCUT2D eigenvalue weighted by Crippen LogP contribution is -2.09. The Bertz CT molecular complexity index is 3190. The summed E-state index contributed by atoms with van der Waals surface area (Å²) in [4.78, 5) is 2.31. The Morgan fingerprint density at radius 2 is 0.818 bits per heavy atom. The molecule has 3 nitrogen and oxygen atoms in total. The molecule has 258 valence electrons. The number of rotatable bonds is 6. The zero-order valence-corrected chi connectivity index (χ0v) is 29.8. The Morgan fingerprint density at radius 1 is 0.291 bits per heavy atom. The Morgan fingerprint density at radius 3 is 1.55 bits per heavy atom. The highest BCUT2D eigenvalue weighted by atomic mass is 16.3. The number of fused-ring (bicyclic) bond motifs is 7. The molecule has 0 atom stereocenters. The van der Waals surface area contributed by atoms with E-state index >= 15 is 0 Å². The van der Waals surface area contributed by atoms with Gasteiger partial charge in [-0.1, -0.05) is 146 Å². The molecular weight excluding hydrogens is 671 g/mol.